The molecule has 55 heavy (non-hydrogen) atoms. The molecule has 4 heterocycles. The van der Waals surface area contributed by atoms with Crippen LogP contribution in [0.3, 0.4) is 0 Å². The van der Waals surface area contributed by atoms with Crippen LogP contribution < -0.4 is 10.6 Å². The van der Waals surface area contributed by atoms with Crippen LogP contribution in [-0.2, 0) is 19.7 Å². The second kappa shape index (κ2) is 15.6. The zero-order valence-electron chi connectivity index (χ0n) is 30.5. The molecule has 2 aromatic carbocycles. The molecule has 15 heteroatoms. The lowest BCUT2D eigenvalue weighted by atomic mass is 9.73. The molecule has 1 aliphatic carbocycles. The first-order valence-corrected chi connectivity index (χ1v) is 18.3. The number of carbonyl (C=O) groups excluding carboxylic acids is 3. The number of alkyl carbamates (subject to hydrolysis) is 1. The number of benzene rings is 2. The van der Waals surface area contributed by atoms with Gasteiger partial charge in [-0.05, 0) is 62.3 Å². The molecule has 0 radical (unpaired) electrons. The van der Waals surface area contributed by atoms with Crippen molar-refractivity contribution in [2.75, 3.05) is 20.2 Å². The molecule has 2 saturated heterocycles. The molecule has 2 fully saturated rings. The summed E-state index contributed by atoms with van der Waals surface area (Å²) in [5, 5.41) is 14.5. The van der Waals surface area contributed by atoms with E-state index < -0.39 is 41.5 Å². The highest BCUT2D eigenvalue weighted by atomic mass is 19.1. The molecule has 2 aromatic heterocycles. The Labute approximate surface area is 316 Å². The van der Waals surface area contributed by atoms with Gasteiger partial charge in [0, 0.05) is 30.5 Å². The molecule has 5 N–H and O–H groups in total. The Hall–Kier alpha value is -6.25. The van der Waals surface area contributed by atoms with Crippen molar-refractivity contribution in [2.24, 2.45) is 0 Å². The van der Waals surface area contributed by atoms with Crippen LogP contribution in [0.2, 0.25) is 0 Å². The number of amides is 4. The summed E-state index contributed by atoms with van der Waals surface area (Å²) in [6.07, 6.45) is 12.5. The maximum Gasteiger partial charge on any atom is 0.407 e. The highest BCUT2D eigenvalue weighted by Crippen LogP contribution is 2.42. The monoisotopic (exact) mass is 750 g/mol. The predicted molar refractivity (Wildman–Crippen MR) is 199 cm³/mol. The molecular weight excluding hydrogens is 707 g/mol. The van der Waals surface area contributed by atoms with Crippen molar-refractivity contribution in [1.29, 1.82) is 0 Å². The van der Waals surface area contributed by atoms with E-state index in [2.05, 4.69) is 30.3 Å². The van der Waals surface area contributed by atoms with E-state index in [1.165, 1.54) is 13.2 Å². The van der Waals surface area contributed by atoms with Gasteiger partial charge < -0.3 is 40.2 Å². The van der Waals surface area contributed by atoms with Crippen LogP contribution in [0, 0.1) is 5.82 Å². The van der Waals surface area contributed by atoms with Crippen molar-refractivity contribution in [2.45, 2.75) is 68.6 Å². The number of hydrogen-bond acceptors (Lipinski definition) is 7. The number of ether oxygens (including phenoxy) is 1. The van der Waals surface area contributed by atoms with Gasteiger partial charge >= 0.3 is 12.2 Å². The van der Waals surface area contributed by atoms with E-state index in [0.29, 0.717) is 66.4 Å². The molecule has 14 nitrogen and oxygen atoms in total. The third-order valence-electron chi connectivity index (χ3n) is 10.8. The van der Waals surface area contributed by atoms with Crippen molar-refractivity contribution in [1.82, 2.24) is 40.4 Å². The number of H-pyrrole nitrogens is 2. The molecule has 0 spiro atoms. The van der Waals surface area contributed by atoms with E-state index in [9.17, 15) is 24.3 Å². The largest absolute Gasteiger partial charge is 0.465 e. The Kier molecular flexibility index (Phi) is 10.5. The molecule has 4 aromatic rings. The molecule has 1 unspecified atom stereocenters. The number of carboxylic acid groups (broad SMARTS) is 1. The van der Waals surface area contributed by atoms with Crippen LogP contribution >= 0.6 is 0 Å². The second-order valence-corrected chi connectivity index (χ2v) is 14.1. The van der Waals surface area contributed by atoms with Crippen molar-refractivity contribution >= 4 is 24.0 Å². The topological polar surface area (TPSA) is 186 Å². The molecule has 3 aliphatic rings. The molecule has 286 valence electrons. The van der Waals surface area contributed by atoms with E-state index in [0.717, 1.165) is 18.5 Å². The standard InChI is InChI=1S/C40H43FN8O6/c1-24(44-39(54)55-2)36(50)48-19-9-13-30(48)34-42-22-29(45-34)27-16-15-26(21-28(27)41)40(17-7-4-8-18-40)32-23-43-35(46-32)31-14-10-20-49(31)37(51)33(47-38(52)53)25-11-5-3-6-12-25/h3-8,11-12,15-17,21-24,30-31,33,47H,9-10,13-14,18-20H2,1-2H3,(H,42,45)(H,43,46)(H,44,54)(H,52,53)/t24-,30-,31-,33+,40?/m0/s1. The number of rotatable bonds is 10. The summed E-state index contributed by atoms with van der Waals surface area (Å²) in [6.45, 7) is 2.54. The van der Waals surface area contributed by atoms with Crippen LogP contribution in [0.25, 0.3) is 11.3 Å². The number of methoxy groups -OCH3 is 1. The van der Waals surface area contributed by atoms with Crippen molar-refractivity contribution < 1.29 is 33.4 Å². The highest BCUT2D eigenvalue weighted by Gasteiger charge is 2.40. The minimum atomic E-state index is -1.29. The summed E-state index contributed by atoms with van der Waals surface area (Å²) < 4.78 is 20.8. The van der Waals surface area contributed by atoms with Gasteiger partial charge in [-0.25, -0.2) is 23.9 Å². The Morgan fingerprint density at radius 1 is 0.927 bits per heavy atom. The van der Waals surface area contributed by atoms with Gasteiger partial charge in [0.1, 0.15) is 29.5 Å². The third-order valence-corrected chi connectivity index (χ3v) is 10.8. The quantitative estimate of drug-likeness (QED) is 0.134. The second-order valence-electron chi connectivity index (χ2n) is 14.1. The summed E-state index contributed by atoms with van der Waals surface area (Å²) in [6, 6.07) is 11.2. The number of nitrogens with one attached hydrogen (secondary N) is 4. The Bertz CT molecular complexity index is 2130. The number of carbonyl (C=O) groups is 4. The number of likely N-dealkylation sites (tertiary alicyclic amines) is 2. The zero-order chi connectivity index (χ0) is 38.7. The molecule has 0 saturated carbocycles. The Balaban J connectivity index is 1.12. The minimum absolute atomic E-state index is 0.262. The van der Waals surface area contributed by atoms with E-state index in [1.54, 1.807) is 65.5 Å². The maximum absolute atomic E-state index is 16.2. The van der Waals surface area contributed by atoms with Crippen LogP contribution in [0.15, 0.2) is 85.2 Å². The lowest BCUT2D eigenvalue weighted by Crippen LogP contribution is -2.46. The van der Waals surface area contributed by atoms with Crippen molar-refractivity contribution in [3.63, 3.8) is 0 Å². The van der Waals surface area contributed by atoms with Crippen LogP contribution in [0.5, 0.6) is 0 Å². The van der Waals surface area contributed by atoms with Gasteiger partial charge in [0.2, 0.25) is 5.91 Å². The maximum atomic E-state index is 16.2. The molecule has 0 bridgehead atoms. The number of nitrogens with zero attached hydrogens (tertiary/aromatic N) is 4. The third kappa shape index (κ3) is 7.33. The summed E-state index contributed by atoms with van der Waals surface area (Å²) in [5.74, 6) is 0.0192. The average Bonchev–Trinajstić information content (AvgIpc) is 4.04. The van der Waals surface area contributed by atoms with E-state index >= 15 is 4.39 Å². The van der Waals surface area contributed by atoms with Crippen LogP contribution in [0.1, 0.15) is 85.6 Å². The molecule has 2 aliphatic heterocycles. The lowest BCUT2D eigenvalue weighted by Gasteiger charge is -2.31. The van der Waals surface area contributed by atoms with Crippen LogP contribution in [-0.4, -0.2) is 85.1 Å². The number of imidazole rings is 2. The fraction of sp³-hybridized carbons (Fsp3) is 0.350. The normalized spacial score (nSPS) is 21.7. The number of aromatic nitrogens is 4. The summed E-state index contributed by atoms with van der Waals surface area (Å²) >= 11 is 0. The van der Waals surface area contributed by atoms with Gasteiger partial charge in [-0.1, -0.05) is 60.7 Å². The number of aromatic amines is 2. The Morgan fingerprint density at radius 3 is 2.27 bits per heavy atom. The van der Waals surface area contributed by atoms with Gasteiger partial charge in [0.05, 0.1) is 36.5 Å². The van der Waals surface area contributed by atoms with E-state index in [1.807, 2.05) is 30.4 Å². The van der Waals surface area contributed by atoms with Gasteiger partial charge in [0.15, 0.2) is 0 Å². The fourth-order valence-corrected chi connectivity index (χ4v) is 7.97. The lowest BCUT2D eigenvalue weighted by molar-refractivity contribution is -0.135. The molecule has 5 atom stereocenters. The van der Waals surface area contributed by atoms with E-state index in [-0.39, 0.29) is 17.9 Å². The fourth-order valence-electron chi connectivity index (χ4n) is 7.97. The first kappa shape index (κ1) is 37.1. The average molecular weight is 751 g/mol. The van der Waals surface area contributed by atoms with Crippen molar-refractivity contribution in [3.8, 4) is 11.3 Å². The van der Waals surface area contributed by atoms with Gasteiger partial charge in [-0.15, -0.1) is 0 Å². The number of halogens is 1. The summed E-state index contributed by atoms with van der Waals surface area (Å²) in [5.41, 5.74) is 1.96. The number of allylic oxidation sites excluding steroid dienone is 4. The zero-order valence-corrected chi connectivity index (χ0v) is 30.5. The molecule has 4 amide bonds. The minimum Gasteiger partial charge on any atom is -0.465 e. The molecular formula is C40H43FN8O6. The van der Waals surface area contributed by atoms with Crippen LogP contribution in [0.4, 0.5) is 14.0 Å². The summed E-state index contributed by atoms with van der Waals surface area (Å²) in [7, 11) is 1.24. The predicted octanol–water partition coefficient (Wildman–Crippen LogP) is 5.82. The number of hydrogen-bond donors (Lipinski definition) is 5. The van der Waals surface area contributed by atoms with Gasteiger partial charge in [0.25, 0.3) is 5.91 Å². The highest BCUT2D eigenvalue weighted by molar-refractivity contribution is 5.87. The van der Waals surface area contributed by atoms with Crippen molar-refractivity contribution in [3.05, 3.63) is 120 Å². The van der Waals surface area contributed by atoms with Gasteiger partial charge in [-0.3, -0.25) is 9.59 Å². The first-order chi connectivity index (χ1) is 26.6. The molecule has 7 rings (SSSR count). The Morgan fingerprint density at radius 2 is 1.62 bits per heavy atom. The first-order valence-electron chi connectivity index (χ1n) is 18.3. The smallest absolute Gasteiger partial charge is 0.407 e. The van der Waals surface area contributed by atoms with Gasteiger partial charge in [-0.2, -0.15) is 0 Å². The van der Waals surface area contributed by atoms with E-state index in [4.69, 9.17) is 4.98 Å². The summed E-state index contributed by atoms with van der Waals surface area (Å²) in [4.78, 5) is 69.8. The SMILES string of the molecule is COC(=O)N[C@@H](C)C(=O)N1CCC[C@H]1c1ncc(-c2ccc(C3(c4cnc([C@@H]5CCCN5C(=O)[C@H](NC(=O)O)c5ccccc5)[nH]4)C=CC=CC3)cc2F)[nH]1.